The minimum Gasteiger partial charge on any atom is -0.454 e. The summed E-state index contributed by atoms with van der Waals surface area (Å²) in [5.74, 6) is 2.80. The standard InChI is InChI=1S/C24H16IN3O3S.C23H15IN4O3S.C20H13IN2O4S.C19H12FIN2O2S/c25-22-16-28(32(29,30)19-10-5-2-6-11-19)23-21(22)14-17(15-27-23)20-12-7-13-26-24(20)31-18-8-3-1-4-9-18;24-20-15-28(32(29,30)17-7-2-1-3-8-17)22-19(20)13-16(14-27-22)18-9-4-5-10-21(18)31-23-25-11-6-12-26-23;21-17-11-23(28(24,25)15-4-2-1-3-5-15)20-16(17)8-14(10-22-20)13-6-7-18-19(9-13)27-12-26-18;20-15-8-6-13(7-9-15)14-10-17-18(21)12-23(19(17)22-11-14)26(24,25)16-4-2-1-3-5-16/h1-16H;1-15H;1-11H,12H2;1-12H. The van der Waals surface area contributed by atoms with Gasteiger partial charge in [-0.1, -0.05) is 127 Å². The van der Waals surface area contributed by atoms with Gasteiger partial charge in [0.1, 0.15) is 17.3 Å². The SMILES string of the molecule is O=S(=O)(c1ccccc1)n1cc(I)c2cc(-c3ccc(F)cc3)cnc21.O=S(=O)(c1ccccc1)n1cc(I)c2cc(-c3ccc4c(c3)OCO4)cnc21.O=S(=O)(c1ccccc1)n1cc(I)c2cc(-c3ccccc3Oc3ncccn3)cnc21.O=S(=O)(c1ccccc1)n1cc(I)c2cc(-c3cccnc3Oc3ccccc3)cnc21. The lowest BCUT2D eigenvalue weighted by Crippen LogP contribution is -2.12. The Labute approximate surface area is 729 Å². The first kappa shape index (κ1) is 80.4. The van der Waals surface area contributed by atoms with Gasteiger partial charge in [0.05, 0.1) is 19.6 Å². The summed E-state index contributed by atoms with van der Waals surface area (Å²) in [5.41, 5.74) is 8.04. The Morgan fingerprint density at radius 2 is 0.678 bits per heavy atom. The van der Waals surface area contributed by atoms with Crippen molar-refractivity contribution < 1.29 is 57.0 Å². The largest absolute Gasteiger partial charge is 0.454 e. The number of hydrogen-bond donors (Lipinski definition) is 0. The van der Waals surface area contributed by atoms with E-state index in [1.807, 2.05) is 109 Å². The monoisotopic (exact) mass is 2090 g/mol. The number of fused-ring (bicyclic) bond motifs is 5. The van der Waals surface area contributed by atoms with Gasteiger partial charge in [-0.3, -0.25) is 0 Å². The fourth-order valence-electron chi connectivity index (χ4n) is 12.6. The maximum absolute atomic E-state index is 13.2. The minimum atomic E-state index is -3.76. The number of para-hydroxylation sites is 2. The van der Waals surface area contributed by atoms with E-state index in [2.05, 4.69) is 125 Å². The Kier molecular flexibility index (Phi) is 23.4. The van der Waals surface area contributed by atoms with Crippen molar-refractivity contribution in [2.45, 2.75) is 19.6 Å². The molecule has 0 N–H and O–H groups in total. The molecule has 0 radical (unpaired) electrons. The van der Waals surface area contributed by atoms with E-state index < -0.39 is 40.1 Å². The van der Waals surface area contributed by atoms with Crippen LogP contribution < -0.4 is 18.9 Å². The van der Waals surface area contributed by atoms with Crippen LogP contribution in [-0.2, 0) is 40.1 Å². The smallest absolute Gasteiger partial charge is 0.321 e. The van der Waals surface area contributed by atoms with Crippen molar-refractivity contribution >= 4 is 175 Å². The highest BCUT2D eigenvalue weighted by Crippen LogP contribution is 2.41. The molecule has 1 aliphatic rings. The zero-order valence-corrected chi connectivity index (χ0v) is 72.6. The van der Waals surface area contributed by atoms with Gasteiger partial charge in [0.25, 0.3) is 40.1 Å². The minimum absolute atomic E-state index is 0.206. The van der Waals surface area contributed by atoms with E-state index in [-0.39, 0.29) is 38.2 Å². The van der Waals surface area contributed by atoms with E-state index in [4.69, 9.17) is 18.9 Å². The molecule has 10 aromatic heterocycles. The summed E-state index contributed by atoms with van der Waals surface area (Å²) in [6.07, 6.45) is 17.8. The molecule has 18 aromatic rings. The second kappa shape index (κ2) is 34.3. The zero-order valence-electron chi connectivity index (χ0n) is 60.7. The van der Waals surface area contributed by atoms with Crippen LogP contribution >= 0.6 is 90.4 Å². The van der Waals surface area contributed by atoms with Crippen molar-refractivity contribution in [3.8, 4) is 79.4 Å². The van der Waals surface area contributed by atoms with Crippen LogP contribution in [0, 0.1) is 20.1 Å². The quantitative estimate of drug-likeness (QED) is 0.0812. The summed E-state index contributed by atoms with van der Waals surface area (Å²) in [5, 5.41) is 2.97. The second-order valence-corrected chi connectivity index (χ2v) is 37.6. The molecule has 0 bridgehead atoms. The lowest BCUT2D eigenvalue weighted by Gasteiger charge is -2.10. The molecule has 586 valence electrons. The van der Waals surface area contributed by atoms with Crippen LogP contribution in [0.3, 0.4) is 0 Å². The summed E-state index contributed by atoms with van der Waals surface area (Å²) >= 11 is 8.48. The average Bonchev–Trinajstić information content (AvgIpc) is 1.61. The predicted molar refractivity (Wildman–Crippen MR) is 480 cm³/mol. The van der Waals surface area contributed by atoms with Crippen LogP contribution in [0.1, 0.15) is 0 Å². The highest BCUT2D eigenvalue weighted by molar-refractivity contribution is 14.1. The molecule has 0 spiro atoms. The third kappa shape index (κ3) is 16.7. The first-order chi connectivity index (χ1) is 57.1. The van der Waals surface area contributed by atoms with Gasteiger partial charge in [-0.05, 0) is 235 Å². The number of hydrogen-bond acceptors (Lipinski definition) is 19. The van der Waals surface area contributed by atoms with Crippen molar-refractivity contribution in [2.75, 3.05) is 6.79 Å². The zero-order chi connectivity index (χ0) is 81.9. The maximum atomic E-state index is 13.2. The van der Waals surface area contributed by atoms with Crippen LogP contribution in [0.4, 0.5) is 4.39 Å². The molecule has 11 heterocycles. The van der Waals surface area contributed by atoms with E-state index in [0.29, 0.717) is 51.5 Å². The van der Waals surface area contributed by atoms with Gasteiger partial charge in [-0.15, -0.1) is 0 Å². The van der Waals surface area contributed by atoms with E-state index >= 15 is 0 Å². The van der Waals surface area contributed by atoms with Crippen molar-refractivity contribution in [3.05, 3.63) is 349 Å². The van der Waals surface area contributed by atoms with Crippen LogP contribution in [-0.4, -0.2) is 91.2 Å². The fraction of sp³-hybridized carbons (Fsp3) is 0.0116. The Morgan fingerprint density at radius 3 is 1.13 bits per heavy atom. The molecule has 0 atom stereocenters. The number of aromatic nitrogens is 11. The Hall–Kier alpha value is -11.4. The van der Waals surface area contributed by atoms with Crippen LogP contribution in [0.15, 0.2) is 349 Å². The van der Waals surface area contributed by atoms with Crippen molar-refractivity contribution in [1.82, 2.24) is 50.8 Å². The van der Waals surface area contributed by atoms with Crippen molar-refractivity contribution in [3.63, 3.8) is 0 Å². The molecule has 19 rings (SSSR count). The summed E-state index contributed by atoms with van der Waals surface area (Å²) in [6, 6.07) is 75.3. The number of nitrogens with zero attached hydrogens (tertiary/aromatic N) is 11. The lowest BCUT2D eigenvalue weighted by atomic mass is 10.1. The molecular weight excluding hydrogens is 2030 g/mol. The Balaban J connectivity index is 0.000000118. The van der Waals surface area contributed by atoms with Crippen LogP contribution in [0.5, 0.6) is 34.9 Å². The van der Waals surface area contributed by atoms with Gasteiger partial charge in [-0.2, -0.15) is 0 Å². The average molecular weight is 2090 g/mol. The molecule has 118 heavy (non-hydrogen) atoms. The fourth-order valence-corrected chi connectivity index (χ4v) is 21.4. The third-order valence-electron chi connectivity index (χ3n) is 18.3. The van der Waals surface area contributed by atoms with E-state index in [1.165, 1.54) is 28.0 Å². The van der Waals surface area contributed by atoms with Crippen LogP contribution in [0.2, 0.25) is 0 Å². The molecule has 23 nitrogen and oxygen atoms in total. The summed E-state index contributed by atoms with van der Waals surface area (Å²) in [4.78, 5) is 31.3. The molecule has 0 aliphatic carbocycles. The first-order valence-corrected chi connectivity index (χ1v) is 45.4. The number of pyridine rings is 5. The highest BCUT2D eigenvalue weighted by Gasteiger charge is 2.28. The van der Waals surface area contributed by atoms with E-state index in [0.717, 1.165) is 80.3 Å². The molecule has 0 saturated carbocycles. The van der Waals surface area contributed by atoms with Crippen LogP contribution in [0.25, 0.3) is 88.6 Å². The molecule has 32 heteroatoms. The third-order valence-corrected chi connectivity index (χ3v) is 28.4. The summed E-state index contributed by atoms with van der Waals surface area (Å²) in [6.45, 7) is 0.216. The van der Waals surface area contributed by atoms with Gasteiger partial charge >= 0.3 is 6.01 Å². The first-order valence-electron chi connectivity index (χ1n) is 35.4. The summed E-state index contributed by atoms with van der Waals surface area (Å²) in [7, 11) is -15.0. The van der Waals surface area contributed by atoms with E-state index in [9.17, 15) is 38.1 Å². The molecule has 0 amide bonds. The number of rotatable bonds is 16. The second-order valence-electron chi connectivity index (χ2n) is 25.7. The van der Waals surface area contributed by atoms with Gasteiger partial charge < -0.3 is 18.9 Å². The number of halogens is 5. The molecule has 0 unspecified atom stereocenters. The maximum Gasteiger partial charge on any atom is 0.321 e. The Morgan fingerprint density at radius 1 is 0.322 bits per heavy atom. The predicted octanol–water partition coefficient (Wildman–Crippen LogP) is 19.8. The normalized spacial score (nSPS) is 12.0. The van der Waals surface area contributed by atoms with Gasteiger partial charge in [0.2, 0.25) is 12.7 Å². The molecule has 0 fully saturated rings. The molecular formula is C86H56FI4N11O12S4. The van der Waals surface area contributed by atoms with Gasteiger partial charge in [0.15, 0.2) is 34.1 Å². The molecule has 1 aliphatic heterocycles. The van der Waals surface area contributed by atoms with Crippen molar-refractivity contribution in [2.24, 2.45) is 0 Å². The lowest BCUT2D eigenvalue weighted by molar-refractivity contribution is 0.174. The molecule has 8 aromatic carbocycles. The van der Waals surface area contributed by atoms with Gasteiger partial charge in [-0.25, -0.2) is 88.8 Å². The van der Waals surface area contributed by atoms with E-state index in [1.54, 1.807) is 208 Å². The molecule has 0 saturated heterocycles. The summed E-state index contributed by atoms with van der Waals surface area (Å²) < 4.78 is 148. The number of ether oxygens (including phenoxy) is 4. The number of benzene rings is 8. The van der Waals surface area contributed by atoms with Crippen molar-refractivity contribution in [1.29, 1.82) is 0 Å². The Bertz CT molecular complexity index is 7070. The van der Waals surface area contributed by atoms with Gasteiger partial charge in [0, 0.05) is 137 Å². The topological polar surface area (TPSA) is 283 Å². The highest BCUT2D eigenvalue weighted by atomic mass is 127.